The zero-order valence-corrected chi connectivity index (χ0v) is 14.7. The molecule has 0 fully saturated rings. The Bertz CT molecular complexity index is 567. The van der Waals surface area contributed by atoms with Crippen LogP contribution in [0.2, 0.25) is 0 Å². The monoisotopic (exact) mass is 311 g/mol. The summed E-state index contributed by atoms with van der Waals surface area (Å²) in [5.41, 5.74) is 2.69. The zero-order chi connectivity index (χ0) is 16.5. The quantitative estimate of drug-likeness (QED) is 0.597. The van der Waals surface area contributed by atoms with Crippen molar-refractivity contribution in [3.63, 3.8) is 0 Å². The minimum absolute atomic E-state index is 0.548. The Morgan fingerprint density at radius 3 is 2.43 bits per heavy atom. The lowest BCUT2D eigenvalue weighted by Gasteiger charge is -2.18. The Hall–Kier alpha value is -1.80. The summed E-state index contributed by atoms with van der Waals surface area (Å²) in [6.45, 7) is 7.28. The Morgan fingerprint density at radius 2 is 1.70 bits per heavy atom. The van der Waals surface area contributed by atoms with E-state index in [1.807, 2.05) is 0 Å². The lowest BCUT2D eigenvalue weighted by Crippen LogP contribution is -2.20. The van der Waals surface area contributed by atoms with Crippen LogP contribution in [0.25, 0.3) is 0 Å². The molecule has 0 amide bonds. The fourth-order valence-corrected chi connectivity index (χ4v) is 2.73. The van der Waals surface area contributed by atoms with Crippen LogP contribution >= 0.6 is 0 Å². The number of nitrogens with zero attached hydrogens (tertiary/aromatic N) is 1. The summed E-state index contributed by atoms with van der Waals surface area (Å²) in [4.78, 5) is 2.35. The average Bonchev–Trinajstić information content (AvgIpc) is 2.59. The van der Waals surface area contributed by atoms with E-state index in [1.54, 1.807) is 0 Å². The van der Waals surface area contributed by atoms with Gasteiger partial charge in [0.05, 0.1) is 6.61 Å². The second-order valence-corrected chi connectivity index (χ2v) is 6.27. The van der Waals surface area contributed by atoms with Crippen molar-refractivity contribution in [2.45, 2.75) is 39.2 Å². The maximum absolute atomic E-state index is 6.03. The molecule has 0 aliphatic carbocycles. The maximum Gasteiger partial charge on any atom is 0.122 e. The van der Waals surface area contributed by atoms with Crippen molar-refractivity contribution >= 4 is 0 Å². The highest BCUT2D eigenvalue weighted by atomic mass is 16.5. The van der Waals surface area contributed by atoms with Gasteiger partial charge in [-0.1, -0.05) is 62.4 Å². The second kappa shape index (κ2) is 9.36. The molecule has 2 nitrogen and oxygen atoms in total. The van der Waals surface area contributed by atoms with Crippen LogP contribution in [-0.4, -0.2) is 25.1 Å². The van der Waals surface area contributed by atoms with Crippen LogP contribution in [0.15, 0.2) is 54.6 Å². The van der Waals surface area contributed by atoms with Crippen molar-refractivity contribution in [3.05, 3.63) is 65.7 Å². The summed E-state index contributed by atoms with van der Waals surface area (Å²) in [6, 6.07) is 19.0. The van der Waals surface area contributed by atoms with Gasteiger partial charge in [-0.25, -0.2) is 0 Å². The summed E-state index contributed by atoms with van der Waals surface area (Å²) >= 11 is 0. The lowest BCUT2D eigenvalue weighted by molar-refractivity contribution is 0.256. The molecule has 0 radical (unpaired) electrons. The van der Waals surface area contributed by atoms with E-state index in [4.69, 9.17) is 4.74 Å². The van der Waals surface area contributed by atoms with E-state index in [1.165, 1.54) is 11.1 Å². The lowest BCUT2D eigenvalue weighted by atomic mass is 9.98. The fourth-order valence-electron chi connectivity index (χ4n) is 2.73. The van der Waals surface area contributed by atoms with E-state index in [-0.39, 0.29) is 0 Å². The number of hydrogen-bond acceptors (Lipinski definition) is 2. The minimum atomic E-state index is 0.548. The van der Waals surface area contributed by atoms with Crippen molar-refractivity contribution in [1.82, 2.24) is 4.90 Å². The van der Waals surface area contributed by atoms with E-state index < -0.39 is 0 Å². The third-order valence-electron chi connectivity index (χ3n) is 4.30. The third-order valence-corrected chi connectivity index (χ3v) is 4.30. The topological polar surface area (TPSA) is 12.5 Å². The van der Waals surface area contributed by atoms with Gasteiger partial charge in [-0.2, -0.15) is 0 Å². The standard InChI is InChI=1S/C21H29NO/c1-4-18(2)20-13-8-9-14-21(20)23-16-10-15-22(3)17-19-11-6-5-7-12-19/h5-9,11-14,18H,4,10,15-17H2,1-3H3/t18-/m1/s1. The molecular weight excluding hydrogens is 282 g/mol. The summed E-state index contributed by atoms with van der Waals surface area (Å²) < 4.78 is 6.03. The predicted octanol–water partition coefficient (Wildman–Crippen LogP) is 5.10. The van der Waals surface area contributed by atoms with Gasteiger partial charge < -0.3 is 9.64 Å². The molecule has 0 aliphatic heterocycles. The highest BCUT2D eigenvalue weighted by Crippen LogP contribution is 2.28. The number of benzene rings is 2. The van der Waals surface area contributed by atoms with Crippen molar-refractivity contribution in [2.24, 2.45) is 0 Å². The van der Waals surface area contributed by atoms with Crippen LogP contribution < -0.4 is 4.74 Å². The number of ether oxygens (including phenoxy) is 1. The minimum Gasteiger partial charge on any atom is -0.493 e. The Labute approximate surface area is 141 Å². The van der Waals surface area contributed by atoms with E-state index in [2.05, 4.69) is 80.4 Å². The van der Waals surface area contributed by atoms with E-state index in [0.717, 1.165) is 38.3 Å². The van der Waals surface area contributed by atoms with Gasteiger partial charge in [-0.05, 0) is 43.0 Å². The summed E-state index contributed by atoms with van der Waals surface area (Å²) in [5.74, 6) is 1.60. The number of hydrogen-bond donors (Lipinski definition) is 0. The molecule has 23 heavy (non-hydrogen) atoms. The molecule has 0 aromatic heterocycles. The molecule has 0 spiro atoms. The van der Waals surface area contributed by atoms with Crippen molar-refractivity contribution in [2.75, 3.05) is 20.2 Å². The van der Waals surface area contributed by atoms with Crippen molar-refractivity contribution in [1.29, 1.82) is 0 Å². The fraction of sp³-hybridized carbons (Fsp3) is 0.429. The highest BCUT2D eigenvalue weighted by molar-refractivity contribution is 5.35. The van der Waals surface area contributed by atoms with Crippen LogP contribution in [0.1, 0.15) is 43.7 Å². The van der Waals surface area contributed by atoms with Gasteiger partial charge in [0, 0.05) is 13.1 Å². The van der Waals surface area contributed by atoms with E-state index in [0.29, 0.717) is 5.92 Å². The predicted molar refractivity (Wildman–Crippen MR) is 98.0 cm³/mol. The molecule has 2 rings (SSSR count). The molecular formula is C21H29NO. The average molecular weight is 311 g/mol. The van der Waals surface area contributed by atoms with Gasteiger partial charge in [0.25, 0.3) is 0 Å². The molecule has 2 aromatic carbocycles. The first-order valence-corrected chi connectivity index (χ1v) is 8.65. The van der Waals surface area contributed by atoms with Crippen LogP contribution in [-0.2, 0) is 6.54 Å². The molecule has 0 saturated carbocycles. The van der Waals surface area contributed by atoms with Crippen LogP contribution in [0, 0.1) is 0 Å². The van der Waals surface area contributed by atoms with Gasteiger partial charge >= 0.3 is 0 Å². The summed E-state index contributed by atoms with van der Waals surface area (Å²) in [5, 5.41) is 0. The van der Waals surface area contributed by atoms with Gasteiger partial charge in [0.2, 0.25) is 0 Å². The van der Waals surface area contributed by atoms with Crippen molar-refractivity contribution < 1.29 is 4.74 Å². The van der Waals surface area contributed by atoms with E-state index >= 15 is 0 Å². The van der Waals surface area contributed by atoms with E-state index in [9.17, 15) is 0 Å². The largest absolute Gasteiger partial charge is 0.493 e. The third kappa shape index (κ3) is 5.72. The van der Waals surface area contributed by atoms with Crippen LogP contribution in [0.5, 0.6) is 5.75 Å². The van der Waals surface area contributed by atoms with Crippen molar-refractivity contribution in [3.8, 4) is 5.75 Å². The SMILES string of the molecule is CC[C@@H](C)c1ccccc1OCCCN(C)Cc1ccccc1. The first kappa shape index (κ1) is 17.6. The molecule has 0 saturated heterocycles. The molecule has 124 valence electrons. The Morgan fingerprint density at radius 1 is 1.00 bits per heavy atom. The summed E-state index contributed by atoms with van der Waals surface area (Å²) in [7, 11) is 2.17. The normalized spacial score (nSPS) is 12.3. The molecule has 2 heteroatoms. The number of para-hydroxylation sites is 1. The number of rotatable bonds is 9. The van der Waals surface area contributed by atoms with Gasteiger partial charge in [0.15, 0.2) is 0 Å². The Kier molecular flexibility index (Phi) is 7.15. The maximum atomic E-state index is 6.03. The molecule has 1 atom stereocenters. The Balaban J connectivity index is 1.75. The molecule has 0 bridgehead atoms. The van der Waals surface area contributed by atoms with Gasteiger partial charge in [-0.15, -0.1) is 0 Å². The van der Waals surface area contributed by atoms with Gasteiger partial charge in [-0.3, -0.25) is 0 Å². The highest BCUT2D eigenvalue weighted by Gasteiger charge is 2.09. The molecule has 2 aromatic rings. The first-order chi connectivity index (χ1) is 11.2. The first-order valence-electron chi connectivity index (χ1n) is 8.65. The molecule has 0 N–H and O–H groups in total. The smallest absolute Gasteiger partial charge is 0.122 e. The molecule has 0 unspecified atom stereocenters. The second-order valence-electron chi connectivity index (χ2n) is 6.27. The summed E-state index contributed by atoms with van der Waals surface area (Å²) in [6.07, 6.45) is 2.18. The molecule has 0 aliphatic rings. The van der Waals surface area contributed by atoms with Crippen LogP contribution in [0.3, 0.4) is 0 Å². The molecule has 0 heterocycles. The van der Waals surface area contributed by atoms with Gasteiger partial charge in [0.1, 0.15) is 5.75 Å². The zero-order valence-electron chi connectivity index (χ0n) is 14.7. The van der Waals surface area contributed by atoms with Crippen LogP contribution in [0.4, 0.5) is 0 Å².